The van der Waals surface area contributed by atoms with Crippen LogP contribution in [0.1, 0.15) is 9.67 Å². The Balaban J connectivity index is 1.91. The number of carboxylic acid groups (broad SMARTS) is 1. The van der Waals surface area contributed by atoms with Gasteiger partial charge in [-0.3, -0.25) is 4.79 Å². The molecule has 0 saturated carbocycles. The second-order valence-corrected chi connectivity index (χ2v) is 4.96. The number of benzene rings is 1. The Kier molecular flexibility index (Phi) is 4.49. The number of carboxylic acids is 1. The Morgan fingerprint density at radius 1 is 1.24 bits per heavy atom. The van der Waals surface area contributed by atoms with Crippen LogP contribution in [-0.4, -0.2) is 23.6 Å². The zero-order valence-corrected chi connectivity index (χ0v) is 11.2. The fourth-order valence-corrected chi connectivity index (χ4v) is 2.19. The van der Waals surface area contributed by atoms with E-state index in [4.69, 9.17) is 9.84 Å². The maximum absolute atomic E-state index is 13.3. The molecule has 0 radical (unpaired) electrons. The molecule has 1 amide bonds. The summed E-state index contributed by atoms with van der Waals surface area (Å²) in [6.45, 7) is -0.483. The molecule has 1 aromatic carbocycles. The molecule has 2 aromatic rings. The second kappa shape index (κ2) is 6.31. The Morgan fingerprint density at radius 2 is 2.00 bits per heavy atom. The van der Waals surface area contributed by atoms with Gasteiger partial charge < -0.3 is 15.2 Å². The first kappa shape index (κ1) is 14.9. The van der Waals surface area contributed by atoms with Gasteiger partial charge in [-0.1, -0.05) is 0 Å². The standard InChI is InChI=1S/C13H9F2NO4S/c14-7-1-2-9(8(15)5-7)20-6-11(17)16-12-4-3-10(21-12)13(18)19/h1-5H,6H2,(H,16,17)(H,18,19). The van der Waals surface area contributed by atoms with E-state index in [1.54, 1.807) is 0 Å². The molecule has 0 aliphatic heterocycles. The molecule has 1 aromatic heterocycles. The third kappa shape index (κ3) is 3.99. The molecule has 0 saturated heterocycles. The highest BCUT2D eigenvalue weighted by Gasteiger charge is 2.11. The first-order valence-electron chi connectivity index (χ1n) is 5.66. The predicted octanol–water partition coefficient (Wildman–Crippen LogP) is 2.74. The van der Waals surface area contributed by atoms with Crippen molar-refractivity contribution in [1.82, 2.24) is 0 Å². The smallest absolute Gasteiger partial charge is 0.345 e. The highest BCUT2D eigenvalue weighted by atomic mass is 32.1. The summed E-state index contributed by atoms with van der Waals surface area (Å²) in [6.07, 6.45) is 0. The van der Waals surface area contributed by atoms with Crippen molar-refractivity contribution in [2.24, 2.45) is 0 Å². The minimum absolute atomic E-state index is 0.0794. The summed E-state index contributed by atoms with van der Waals surface area (Å²) in [5.41, 5.74) is 0. The lowest BCUT2D eigenvalue weighted by molar-refractivity contribution is -0.118. The number of carbonyl (C=O) groups is 2. The normalized spacial score (nSPS) is 10.2. The largest absolute Gasteiger partial charge is 0.481 e. The van der Waals surface area contributed by atoms with Crippen LogP contribution in [0, 0.1) is 11.6 Å². The summed E-state index contributed by atoms with van der Waals surface area (Å²) in [5.74, 6) is -3.58. The molecular weight excluding hydrogens is 304 g/mol. The van der Waals surface area contributed by atoms with Gasteiger partial charge in [-0.25, -0.2) is 13.6 Å². The van der Waals surface area contributed by atoms with Gasteiger partial charge in [-0.15, -0.1) is 11.3 Å². The fourth-order valence-electron chi connectivity index (χ4n) is 1.43. The van der Waals surface area contributed by atoms with Gasteiger partial charge in [0, 0.05) is 6.07 Å². The molecule has 5 nitrogen and oxygen atoms in total. The van der Waals surface area contributed by atoms with Crippen LogP contribution in [0.15, 0.2) is 30.3 Å². The van der Waals surface area contributed by atoms with E-state index in [0.717, 1.165) is 23.5 Å². The first-order chi connectivity index (χ1) is 9.95. The molecule has 0 unspecified atom stereocenters. The van der Waals surface area contributed by atoms with Crippen molar-refractivity contribution in [3.05, 3.63) is 46.8 Å². The lowest BCUT2D eigenvalue weighted by Gasteiger charge is -2.07. The summed E-state index contributed by atoms with van der Waals surface area (Å²) in [7, 11) is 0. The van der Waals surface area contributed by atoms with Gasteiger partial charge in [0.2, 0.25) is 0 Å². The van der Waals surface area contributed by atoms with Gasteiger partial charge in [-0.05, 0) is 24.3 Å². The number of anilines is 1. The van der Waals surface area contributed by atoms with Gasteiger partial charge >= 0.3 is 5.97 Å². The number of hydrogen-bond donors (Lipinski definition) is 2. The minimum Gasteiger partial charge on any atom is -0.481 e. The molecule has 0 spiro atoms. The average molecular weight is 313 g/mol. The number of nitrogens with one attached hydrogen (secondary N) is 1. The maximum atomic E-state index is 13.3. The van der Waals surface area contributed by atoms with Crippen LogP contribution in [0.4, 0.5) is 13.8 Å². The first-order valence-corrected chi connectivity index (χ1v) is 6.48. The SMILES string of the molecule is O=C(COc1ccc(F)cc1F)Nc1ccc(C(=O)O)s1. The van der Waals surface area contributed by atoms with E-state index in [-0.39, 0.29) is 10.6 Å². The van der Waals surface area contributed by atoms with E-state index in [2.05, 4.69) is 5.32 Å². The Labute approximate surface area is 121 Å². The van der Waals surface area contributed by atoms with Crippen LogP contribution in [0.5, 0.6) is 5.75 Å². The van der Waals surface area contributed by atoms with Crippen molar-refractivity contribution in [1.29, 1.82) is 0 Å². The summed E-state index contributed by atoms with van der Waals surface area (Å²) in [6, 6.07) is 5.51. The van der Waals surface area contributed by atoms with Gasteiger partial charge in [-0.2, -0.15) is 0 Å². The Bertz CT molecular complexity index is 687. The van der Waals surface area contributed by atoms with E-state index in [9.17, 15) is 18.4 Å². The van der Waals surface area contributed by atoms with Crippen molar-refractivity contribution in [3.8, 4) is 5.75 Å². The minimum atomic E-state index is -1.09. The van der Waals surface area contributed by atoms with E-state index >= 15 is 0 Å². The van der Waals surface area contributed by atoms with Crippen LogP contribution in [0.25, 0.3) is 0 Å². The molecular formula is C13H9F2NO4S. The Morgan fingerprint density at radius 3 is 2.62 bits per heavy atom. The number of carbonyl (C=O) groups excluding carboxylic acids is 1. The zero-order valence-electron chi connectivity index (χ0n) is 10.4. The number of rotatable bonds is 5. The van der Waals surface area contributed by atoms with Crippen molar-refractivity contribution in [2.75, 3.05) is 11.9 Å². The van der Waals surface area contributed by atoms with E-state index in [0.29, 0.717) is 11.1 Å². The van der Waals surface area contributed by atoms with Crippen LogP contribution < -0.4 is 10.1 Å². The monoisotopic (exact) mass is 313 g/mol. The van der Waals surface area contributed by atoms with Crippen molar-refractivity contribution in [3.63, 3.8) is 0 Å². The molecule has 0 fully saturated rings. The number of hydrogen-bond acceptors (Lipinski definition) is 4. The van der Waals surface area contributed by atoms with E-state index in [1.807, 2.05) is 0 Å². The van der Waals surface area contributed by atoms with Crippen LogP contribution in [0.3, 0.4) is 0 Å². The van der Waals surface area contributed by atoms with Crippen LogP contribution in [-0.2, 0) is 4.79 Å². The molecule has 2 rings (SSSR count). The van der Waals surface area contributed by atoms with Crippen LogP contribution >= 0.6 is 11.3 Å². The second-order valence-electron chi connectivity index (χ2n) is 3.88. The average Bonchev–Trinajstić information content (AvgIpc) is 2.86. The molecule has 0 bridgehead atoms. The third-order valence-corrected chi connectivity index (χ3v) is 3.32. The quantitative estimate of drug-likeness (QED) is 0.890. The summed E-state index contributed by atoms with van der Waals surface area (Å²) >= 11 is 0.885. The van der Waals surface area contributed by atoms with Gasteiger partial charge in [0.15, 0.2) is 18.2 Å². The summed E-state index contributed by atoms with van der Waals surface area (Å²) < 4.78 is 30.9. The maximum Gasteiger partial charge on any atom is 0.345 e. The van der Waals surface area contributed by atoms with E-state index in [1.165, 1.54) is 12.1 Å². The molecule has 110 valence electrons. The molecule has 21 heavy (non-hydrogen) atoms. The Hall–Kier alpha value is -2.48. The third-order valence-electron chi connectivity index (χ3n) is 2.33. The van der Waals surface area contributed by atoms with Crippen molar-refractivity contribution < 1.29 is 28.2 Å². The number of ether oxygens (including phenoxy) is 1. The number of aromatic carboxylic acids is 1. The molecule has 1 heterocycles. The fraction of sp³-hybridized carbons (Fsp3) is 0.0769. The van der Waals surface area contributed by atoms with Gasteiger partial charge in [0.1, 0.15) is 10.7 Å². The topological polar surface area (TPSA) is 75.6 Å². The number of amides is 1. The lowest BCUT2D eigenvalue weighted by atomic mass is 10.3. The van der Waals surface area contributed by atoms with Crippen molar-refractivity contribution in [2.45, 2.75) is 0 Å². The molecule has 8 heteroatoms. The van der Waals surface area contributed by atoms with Gasteiger partial charge in [0.25, 0.3) is 5.91 Å². The number of halogens is 2. The summed E-state index contributed by atoms with van der Waals surface area (Å²) in [4.78, 5) is 22.3. The zero-order chi connectivity index (χ0) is 15.4. The molecule has 2 N–H and O–H groups in total. The van der Waals surface area contributed by atoms with Gasteiger partial charge in [0.05, 0.1) is 5.00 Å². The highest BCUT2D eigenvalue weighted by Crippen LogP contribution is 2.22. The van der Waals surface area contributed by atoms with Crippen molar-refractivity contribution >= 4 is 28.2 Å². The highest BCUT2D eigenvalue weighted by molar-refractivity contribution is 7.18. The molecule has 0 aliphatic rings. The summed E-state index contributed by atoms with van der Waals surface area (Å²) in [5, 5.41) is 11.5. The number of thiophene rings is 1. The molecule has 0 atom stereocenters. The molecule has 0 aliphatic carbocycles. The van der Waals surface area contributed by atoms with Crippen LogP contribution in [0.2, 0.25) is 0 Å². The predicted molar refractivity (Wildman–Crippen MR) is 71.8 cm³/mol. The van der Waals surface area contributed by atoms with E-state index < -0.39 is 30.1 Å². The lowest BCUT2D eigenvalue weighted by Crippen LogP contribution is -2.19.